The lowest BCUT2D eigenvalue weighted by molar-refractivity contribution is -0.183. The summed E-state index contributed by atoms with van der Waals surface area (Å²) in [4.78, 5) is 24.7. The molecule has 74 valence electrons. The molecule has 0 fully saturated rings. The molecule has 3 nitrogen and oxygen atoms in total. The summed E-state index contributed by atoms with van der Waals surface area (Å²) >= 11 is 0. The number of rotatable bonds is 4. The molecule has 0 amide bonds. The summed E-state index contributed by atoms with van der Waals surface area (Å²) in [6.07, 6.45) is -0.267. The van der Waals surface area contributed by atoms with Gasteiger partial charge in [-0.05, 0) is 0 Å². The average molecular weight is 196 g/mol. The van der Waals surface area contributed by atoms with Crippen LogP contribution in [0, 0.1) is 0 Å². The number of carbonyl (C=O) groups excluding carboxylic acids is 2. The third-order valence-corrected chi connectivity index (χ3v) is 1.74. The second-order valence-corrected chi connectivity index (χ2v) is 2.74. The summed E-state index contributed by atoms with van der Waals surface area (Å²) in [5.74, 6) is -1.22. The number of hydrogen-bond acceptors (Lipinski definition) is 3. The standard InChI is InChI=1S/C10H9FO3/c11-14-10(13)7-6-9(12)8-4-2-1-3-5-8/h1-5H,6-7H2. The van der Waals surface area contributed by atoms with Gasteiger partial charge in [0.25, 0.3) is 0 Å². The van der Waals surface area contributed by atoms with Crippen LogP contribution in [0.4, 0.5) is 4.53 Å². The molecular formula is C10H9FO3. The highest BCUT2D eigenvalue weighted by atomic mass is 19.3. The van der Waals surface area contributed by atoms with Crippen molar-refractivity contribution < 1.29 is 19.1 Å². The van der Waals surface area contributed by atoms with Gasteiger partial charge in [-0.3, -0.25) is 9.74 Å². The first-order valence-corrected chi connectivity index (χ1v) is 4.13. The van der Waals surface area contributed by atoms with Crippen LogP contribution in [0.2, 0.25) is 0 Å². The van der Waals surface area contributed by atoms with Gasteiger partial charge in [0, 0.05) is 16.5 Å². The fourth-order valence-corrected chi connectivity index (χ4v) is 1.02. The van der Waals surface area contributed by atoms with E-state index in [1.54, 1.807) is 30.3 Å². The molecule has 4 heteroatoms. The van der Waals surface area contributed by atoms with Gasteiger partial charge >= 0.3 is 5.97 Å². The summed E-state index contributed by atoms with van der Waals surface area (Å²) in [6, 6.07) is 8.51. The molecule has 0 radical (unpaired) electrons. The molecule has 0 bridgehead atoms. The van der Waals surface area contributed by atoms with Gasteiger partial charge in [0.15, 0.2) is 5.78 Å². The smallest absolute Gasteiger partial charge is 0.294 e. The van der Waals surface area contributed by atoms with Gasteiger partial charge < -0.3 is 0 Å². The zero-order valence-electron chi connectivity index (χ0n) is 7.40. The molecule has 1 aromatic carbocycles. The number of benzene rings is 1. The van der Waals surface area contributed by atoms with Crippen LogP contribution in [0.3, 0.4) is 0 Å². The summed E-state index contributed by atoms with van der Waals surface area (Å²) in [6.45, 7) is 0. The van der Waals surface area contributed by atoms with E-state index in [0.29, 0.717) is 5.56 Å². The second-order valence-electron chi connectivity index (χ2n) is 2.74. The zero-order valence-corrected chi connectivity index (χ0v) is 7.40. The summed E-state index contributed by atoms with van der Waals surface area (Å²) in [5, 5.41) is 0. The quantitative estimate of drug-likeness (QED) is 0.692. The molecular weight excluding hydrogens is 187 g/mol. The molecule has 14 heavy (non-hydrogen) atoms. The summed E-state index contributed by atoms with van der Waals surface area (Å²) in [5.41, 5.74) is 0.513. The van der Waals surface area contributed by atoms with Crippen LogP contribution in [-0.2, 0) is 9.74 Å². The molecule has 0 spiro atoms. The molecule has 0 aliphatic carbocycles. The minimum Gasteiger partial charge on any atom is -0.294 e. The van der Waals surface area contributed by atoms with Crippen LogP contribution in [0.1, 0.15) is 23.2 Å². The van der Waals surface area contributed by atoms with Gasteiger partial charge in [-0.15, -0.1) is 0 Å². The van der Waals surface area contributed by atoms with Crippen molar-refractivity contribution in [2.45, 2.75) is 12.8 Å². The van der Waals surface area contributed by atoms with Gasteiger partial charge in [-0.1, -0.05) is 30.3 Å². The van der Waals surface area contributed by atoms with E-state index in [1.807, 2.05) is 0 Å². The monoisotopic (exact) mass is 196 g/mol. The lowest BCUT2D eigenvalue weighted by atomic mass is 10.1. The highest BCUT2D eigenvalue weighted by Gasteiger charge is 2.09. The van der Waals surface area contributed by atoms with Crippen molar-refractivity contribution in [1.29, 1.82) is 0 Å². The Hall–Kier alpha value is -1.71. The fourth-order valence-electron chi connectivity index (χ4n) is 1.02. The van der Waals surface area contributed by atoms with Crippen LogP contribution in [0.25, 0.3) is 0 Å². The Morgan fingerprint density at radius 2 is 1.79 bits per heavy atom. The predicted octanol–water partition coefficient (Wildman–Crippen LogP) is 2.08. The van der Waals surface area contributed by atoms with Crippen LogP contribution in [0.15, 0.2) is 30.3 Å². The molecule has 0 N–H and O–H groups in total. The summed E-state index contributed by atoms with van der Waals surface area (Å²) < 4.78 is 11.3. The third-order valence-electron chi connectivity index (χ3n) is 1.74. The van der Waals surface area contributed by atoms with E-state index in [1.165, 1.54) is 0 Å². The predicted molar refractivity (Wildman–Crippen MR) is 47.2 cm³/mol. The Bertz CT molecular complexity index is 321. The highest BCUT2D eigenvalue weighted by molar-refractivity contribution is 5.97. The first kappa shape index (κ1) is 10.4. The Morgan fingerprint density at radius 1 is 1.14 bits per heavy atom. The van der Waals surface area contributed by atoms with Gasteiger partial charge in [0.2, 0.25) is 0 Å². The van der Waals surface area contributed by atoms with Gasteiger partial charge in [-0.25, -0.2) is 4.79 Å². The average Bonchev–Trinajstić information content (AvgIpc) is 2.26. The van der Waals surface area contributed by atoms with Crippen LogP contribution >= 0.6 is 0 Å². The van der Waals surface area contributed by atoms with Crippen LogP contribution < -0.4 is 0 Å². The van der Waals surface area contributed by atoms with Crippen molar-refractivity contribution in [3.8, 4) is 0 Å². The minimum absolute atomic E-state index is 0.0350. The lowest BCUT2D eigenvalue weighted by Crippen LogP contribution is -2.04. The van der Waals surface area contributed by atoms with Crippen LogP contribution in [-0.4, -0.2) is 11.8 Å². The molecule has 0 aromatic heterocycles. The maximum absolute atomic E-state index is 11.3. The zero-order chi connectivity index (χ0) is 10.4. The maximum atomic E-state index is 11.3. The van der Waals surface area contributed by atoms with Gasteiger partial charge in [0.1, 0.15) is 0 Å². The van der Waals surface area contributed by atoms with Crippen molar-refractivity contribution >= 4 is 11.8 Å². The van der Waals surface area contributed by atoms with E-state index in [0.717, 1.165) is 0 Å². The summed E-state index contributed by atoms with van der Waals surface area (Å²) in [7, 11) is 0. The van der Waals surface area contributed by atoms with E-state index in [4.69, 9.17) is 0 Å². The maximum Gasteiger partial charge on any atom is 0.349 e. The molecule has 0 aliphatic heterocycles. The molecule has 1 aromatic rings. The van der Waals surface area contributed by atoms with Crippen molar-refractivity contribution in [3.63, 3.8) is 0 Å². The minimum atomic E-state index is -1.02. The lowest BCUT2D eigenvalue weighted by Gasteiger charge is -1.97. The molecule has 0 aliphatic rings. The normalized spacial score (nSPS) is 9.50. The van der Waals surface area contributed by atoms with Crippen molar-refractivity contribution in [1.82, 2.24) is 0 Å². The SMILES string of the molecule is O=C(CCC(=O)c1ccccc1)OF. The highest BCUT2D eigenvalue weighted by Crippen LogP contribution is 2.05. The van der Waals surface area contributed by atoms with E-state index < -0.39 is 5.97 Å². The van der Waals surface area contributed by atoms with E-state index in [2.05, 4.69) is 4.94 Å². The second kappa shape index (κ2) is 5.11. The first-order valence-electron chi connectivity index (χ1n) is 4.13. The number of Topliss-reactive ketones (excluding diaryl/α,β-unsaturated/α-hetero) is 1. The van der Waals surface area contributed by atoms with E-state index in [-0.39, 0.29) is 18.6 Å². The Labute approximate surface area is 80.4 Å². The topological polar surface area (TPSA) is 43.4 Å². The number of ketones is 1. The Morgan fingerprint density at radius 3 is 2.36 bits per heavy atom. The Balaban J connectivity index is 2.48. The number of halogens is 1. The molecule has 0 saturated carbocycles. The van der Waals surface area contributed by atoms with Crippen molar-refractivity contribution in [2.24, 2.45) is 0 Å². The van der Waals surface area contributed by atoms with Gasteiger partial charge in [0.05, 0.1) is 6.42 Å². The van der Waals surface area contributed by atoms with Crippen molar-refractivity contribution in [2.75, 3.05) is 0 Å². The van der Waals surface area contributed by atoms with Crippen LogP contribution in [0.5, 0.6) is 0 Å². The van der Waals surface area contributed by atoms with Gasteiger partial charge in [-0.2, -0.15) is 0 Å². The molecule has 0 heterocycles. The molecule has 0 unspecified atom stereocenters. The fraction of sp³-hybridized carbons (Fsp3) is 0.200. The van der Waals surface area contributed by atoms with E-state index in [9.17, 15) is 14.1 Å². The molecule has 0 atom stereocenters. The largest absolute Gasteiger partial charge is 0.349 e. The molecule has 1 rings (SSSR count). The first-order chi connectivity index (χ1) is 6.74. The number of carbonyl (C=O) groups is 2. The third kappa shape index (κ3) is 2.97. The van der Waals surface area contributed by atoms with Crippen molar-refractivity contribution in [3.05, 3.63) is 35.9 Å². The Kier molecular flexibility index (Phi) is 3.79. The molecule has 0 saturated heterocycles. The number of hydrogen-bond donors (Lipinski definition) is 0. The van der Waals surface area contributed by atoms with E-state index >= 15 is 0 Å².